The van der Waals surface area contributed by atoms with Crippen LogP contribution in [-0.2, 0) is 5.75 Å². The van der Waals surface area contributed by atoms with Gasteiger partial charge in [0.2, 0.25) is 0 Å². The molecule has 148 valence electrons. The van der Waals surface area contributed by atoms with Crippen molar-refractivity contribution >= 4 is 43.5 Å². The molecule has 0 radical (unpaired) electrons. The molecule has 0 atom stereocenters. The van der Waals surface area contributed by atoms with Gasteiger partial charge in [0.1, 0.15) is 27.7 Å². The minimum absolute atomic E-state index is 0.803. The van der Waals surface area contributed by atoms with Crippen molar-refractivity contribution in [3.05, 3.63) is 83.8 Å². The summed E-state index contributed by atoms with van der Waals surface area (Å²) in [6, 6.07) is 20.2. The van der Waals surface area contributed by atoms with Crippen molar-refractivity contribution in [3.8, 4) is 11.5 Å². The number of aromatic nitrogens is 3. The molecule has 0 N–H and O–H groups in total. The molecule has 0 aliphatic carbocycles. The number of thiophene rings is 1. The second-order valence-electron chi connectivity index (χ2n) is 7.07. The molecule has 0 saturated heterocycles. The lowest BCUT2D eigenvalue weighted by molar-refractivity contribution is 0.482. The molecule has 5 aromatic rings. The minimum atomic E-state index is 0.803. The van der Waals surface area contributed by atoms with E-state index >= 15 is 0 Å². The summed E-state index contributed by atoms with van der Waals surface area (Å²) in [6.07, 6.45) is 1.66. The first-order valence-electron chi connectivity index (χ1n) is 9.63. The fourth-order valence-corrected chi connectivity index (χ4v) is 5.73. The van der Waals surface area contributed by atoms with Gasteiger partial charge in [-0.2, -0.15) is 0 Å². The van der Waals surface area contributed by atoms with Gasteiger partial charge in [-0.25, -0.2) is 15.0 Å². The van der Waals surface area contributed by atoms with E-state index in [1.54, 1.807) is 29.4 Å². The summed E-state index contributed by atoms with van der Waals surface area (Å²) in [6.45, 7) is 4.15. The molecule has 2 aromatic carbocycles. The lowest BCUT2D eigenvalue weighted by Crippen LogP contribution is -1.88. The predicted molar refractivity (Wildman–Crippen MR) is 125 cm³/mol. The average molecular weight is 430 g/mol. The van der Waals surface area contributed by atoms with Crippen molar-refractivity contribution < 1.29 is 4.74 Å². The molecule has 0 spiro atoms. The molecule has 5 rings (SSSR count). The van der Waals surface area contributed by atoms with Crippen molar-refractivity contribution in [1.82, 2.24) is 15.0 Å². The second-order valence-corrected chi connectivity index (χ2v) is 9.03. The topological polar surface area (TPSA) is 47.9 Å². The summed E-state index contributed by atoms with van der Waals surface area (Å²) >= 11 is 3.39. The van der Waals surface area contributed by atoms with E-state index in [4.69, 9.17) is 9.72 Å². The van der Waals surface area contributed by atoms with Gasteiger partial charge in [-0.15, -0.1) is 23.1 Å². The van der Waals surface area contributed by atoms with E-state index in [-0.39, 0.29) is 0 Å². The summed E-state index contributed by atoms with van der Waals surface area (Å²) in [7, 11) is 0. The monoisotopic (exact) mass is 429 g/mol. The smallest absolute Gasteiger partial charge is 0.127 e. The van der Waals surface area contributed by atoms with E-state index in [0.717, 1.165) is 48.4 Å². The van der Waals surface area contributed by atoms with Crippen LogP contribution in [0.1, 0.15) is 16.8 Å². The van der Waals surface area contributed by atoms with Gasteiger partial charge in [0.25, 0.3) is 0 Å². The highest BCUT2D eigenvalue weighted by Crippen LogP contribution is 2.39. The normalized spacial score (nSPS) is 11.3. The summed E-state index contributed by atoms with van der Waals surface area (Å²) in [5.41, 5.74) is 4.43. The van der Waals surface area contributed by atoms with E-state index in [2.05, 4.69) is 35.1 Å². The maximum atomic E-state index is 5.96. The zero-order valence-corrected chi connectivity index (χ0v) is 18.3. The van der Waals surface area contributed by atoms with Crippen LogP contribution in [0.5, 0.6) is 11.5 Å². The van der Waals surface area contributed by atoms with E-state index in [1.165, 1.54) is 11.1 Å². The van der Waals surface area contributed by atoms with Crippen LogP contribution in [0.3, 0.4) is 0 Å². The Morgan fingerprint density at radius 3 is 2.63 bits per heavy atom. The molecule has 0 aliphatic heterocycles. The first kappa shape index (κ1) is 19.0. The van der Waals surface area contributed by atoms with Crippen molar-refractivity contribution in [3.63, 3.8) is 0 Å². The van der Waals surface area contributed by atoms with Gasteiger partial charge in [0, 0.05) is 16.8 Å². The highest BCUT2D eigenvalue weighted by atomic mass is 32.2. The maximum Gasteiger partial charge on any atom is 0.127 e. The molecular weight excluding hydrogens is 410 g/mol. The van der Waals surface area contributed by atoms with Gasteiger partial charge in [-0.3, -0.25) is 0 Å². The lowest BCUT2D eigenvalue weighted by Gasteiger charge is -2.07. The summed E-state index contributed by atoms with van der Waals surface area (Å²) in [5, 5.41) is 2.14. The average Bonchev–Trinajstić information content (AvgIpc) is 3.12. The summed E-state index contributed by atoms with van der Waals surface area (Å²) < 4.78 is 7.07. The molecule has 6 heteroatoms. The Labute approximate surface area is 183 Å². The molecule has 4 nitrogen and oxygen atoms in total. The largest absolute Gasteiger partial charge is 0.457 e. The molecule has 0 aliphatic rings. The Balaban J connectivity index is 1.42. The molecule has 3 heterocycles. The van der Waals surface area contributed by atoms with Crippen molar-refractivity contribution in [2.24, 2.45) is 0 Å². The van der Waals surface area contributed by atoms with Gasteiger partial charge >= 0.3 is 0 Å². The SMILES string of the molecule is Cc1cc(C)c2c(n1)sc1c(SCc3cccc(Oc4ccccc4)c3)ncnc12. The predicted octanol–water partition coefficient (Wildman–Crippen LogP) is 6.94. The van der Waals surface area contributed by atoms with Crippen LogP contribution in [0.2, 0.25) is 0 Å². The fourth-order valence-electron chi connectivity index (χ4n) is 3.47. The highest BCUT2D eigenvalue weighted by molar-refractivity contribution is 7.98. The zero-order valence-electron chi connectivity index (χ0n) is 16.6. The molecule has 0 saturated carbocycles. The van der Waals surface area contributed by atoms with Crippen LogP contribution >= 0.6 is 23.1 Å². The van der Waals surface area contributed by atoms with Gasteiger partial charge < -0.3 is 4.74 Å². The summed E-state index contributed by atoms with van der Waals surface area (Å²) in [4.78, 5) is 14.9. The summed E-state index contributed by atoms with van der Waals surface area (Å²) in [5.74, 6) is 2.48. The number of para-hydroxylation sites is 1. The van der Waals surface area contributed by atoms with Gasteiger partial charge in [0.05, 0.1) is 10.2 Å². The van der Waals surface area contributed by atoms with Gasteiger partial charge in [-0.1, -0.05) is 30.3 Å². The van der Waals surface area contributed by atoms with Crippen LogP contribution in [0.4, 0.5) is 0 Å². The number of hydrogen-bond donors (Lipinski definition) is 0. The molecule has 30 heavy (non-hydrogen) atoms. The van der Waals surface area contributed by atoms with E-state index in [1.807, 2.05) is 49.4 Å². The second kappa shape index (κ2) is 8.05. The van der Waals surface area contributed by atoms with E-state index in [9.17, 15) is 0 Å². The van der Waals surface area contributed by atoms with Crippen LogP contribution in [0.25, 0.3) is 20.4 Å². The molecule has 3 aromatic heterocycles. The third-order valence-corrected chi connectivity index (χ3v) is 7.04. The number of rotatable bonds is 5. The van der Waals surface area contributed by atoms with Crippen LogP contribution in [0, 0.1) is 13.8 Å². The molecular formula is C24H19N3OS2. The van der Waals surface area contributed by atoms with Crippen LogP contribution in [-0.4, -0.2) is 15.0 Å². The van der Waals surface area contributed by atoms with Crippen molar-refractivity contribution in [2.75, 3.05) is 0 Å². The third kappa shape index (κ3) is 3.76. The Kier molecular flexibility index (Phi) is 5.11. The molecule has 0 unspecified atom stereocenters. The maximum absolute atomic E-state index is 5.96. The number of benzene rings is 2. The molecule has 0 amide bonds. The lowest BCUT2D eigenvalue weighted by atomic mass is 10.1. The van der Waals surface area contributed by atoms with E-state index in [0.29, 0.717) is 0 Å². The number of thioether (sulfide) groups is 1. The fraction of sp³-hybridized carbons (Fsp3) is 0.125. The van der Waals surface area contributed by atoms with Crippen LogP contribution in [0.15, 0.2) is 72.0 Å². The number of hydrogen-bond acceptors (Lipinski definition) is 6. The first-order chi connectivity index (χ1) is 14.7. The Bertz CT molecular complexity index is 1350. The zero-order chi connectivity index (χ0) is 20.5. The van der Waals surface area contributed by atoms with Crippen molar-refractivity contribution in [1.29, 1.82) is 0 Å². The van der Waals surface area contributed by atoms with Crippen LogP contribution < -0.4 is 4.74 Å². The third-order valence-electron chi connectivity index (χ3n) is 4.77. The standard InChI is InChI=1S/C24H19N3OS2/c1-15-11-16(2)27-23-20(15)21-22(30-23)24(26-14-25-21)29-13-17-7-6-10-19(12-17)28-18-8-4-3-5-9-18/h3-12,14H,13H2,1-2H3. The Morgan fingerprint density at radius 1 is 0.933 bits per heavy atom. The number of nitrogens with zero attached hydrogens (tertiary/aromatic N) is 3. The number of pyridine rings is 1. The number of fused-ring (bicyclic) bond motifs is 3. The van der Waals surface area contributed by atoms with Gasteiger partial charge in [-0.05, 0) is 55.3 Å². The Hall–Kier alpha value is -2.96. The quantitative estimate of drug-likeness (QED) is 0.224. The van der Waals surface area contributed by atoms with E-state index < -0.39 is 0 Å². The highest BCUT2D eigenvalue weighted by Gasteiger charge is 2.15. The Morgan fingerprint density at radius 2 is 1.77 bits per heavy atom. The number of ether oxygens (including phenoxy) is 1. The van der Waals surface area contributed by atoms with Gasteiger partial charge in [0.15, 0.2) is 0 Å². The molecule has 0 bridgehead atoms. The first-order valence-corrected chi connectivity index (χ1v) is 11.4. The molecule has 0 fully saturated rings. The minimum Gasteiger partial charge on any atom is -0.457 e. The number of aryl methyl sites for hydroxylation is 2. The van der Waals surface area contributed by atoms with Crippen molar-refractivity contribution in [2.45, 2.75) is 24.6 Å².